The minimum absolute atomic E-state index is 0.432. The summed E-state index contributed by atoms with van der Waals surface area (Å²) in [5.41, 5.74) is 4.88. The van der Waals surface area contributed by atoms with E-state index in [0.717, 1.165) is 24.2 Å². The normalized spacial score (nSPS) is 19.3. The van der Waals surface area contributed by atoms with Gasteiger partial charge in [0.05, 0.1) is 17.5 Å². The smallest absolute Gasteiger partial charge is 0.0962 e. The summed E-state index contributed by atoms with van der Waals surface area (Å²) in [4.78, 5) is 0. The maximum Gasteiger partial charge on any atom is 0.0962 e. The van der Waals surface area contributed by atoms with E-state index in [4.69, 9.17) is 0 Å². The topological polar surface area (TPSA) is 38.0 Å². The van der Waals surface area contributed by atoms with E-state index in [-0.39, 0.29) is 0 Å². The van der Waals surface area contributed by atoms with Gasteiger partial charge in [0.2, 0.25) is 0 Å². The Morgan fingerprint density at radius 1 is 1.38 bits per heavy atom. The highest BCUT2D eigenvalue weighted by Gasteiger charge is 2.24. The van der Waals surface area contributed by atoms with E-state index in [1.165, 1.54) is 30.4 Å². The van der Waals surface area contributed by atoms with Crippen molar-refractivity contribution in [2.75, 3.05) is 0 Å². The molecule has 1 aromatic heterocycles. The van der Waals surface area contributed by atoms with Crippen LogP contribution in [0.4, 0.5) is 0 Å². The van der Waals surface area contributed by atoms with Crippen molar-refractivity contribution in [3.63, 3.8) is 0 Å². The van der Waals surface area contributed by atoms with E-state index in [0.29, 0.717) is 5.92 Å². The highest BCUT2D eigenvalue weighted by molar-refractivity contribution is 5.33. The first kappa shape index (κ1) is 14.3. The molecule has 3 nitrogen and oxygen atoms in total. The van der Waals surface area contributed by atoms with Crippen LogP contribution < -0.4 is 0 Å². The summed E-state index contributed by atoms with van der Waals surface area (Å²) in [6, 6.07) is 10.7. The molecule has 1 N–H and O–H groups in total. The lowest BCUT2D eigenvalue weighted by Crippen LogP contribution is -2.14. The van der Waals surface area contributed by atoms with E-state index < -0.39 is 6.10 Å². The lowest BCUT2D eigenvalue weighted by Gasteiger charge is -2.27. The van der Waals surface area contributed by atoms with Gasteiger partial charge in [0.1, 0.15) is 0 Å². The molecule has 1 heterocycles. The predicted octanol–water partition coefficient (Wildman–Crippen LogP) is 3.53. The van der Waals surface area contributed by atoms with Gasteiger partial charge in [-0.1, -0.05) is 31.2 Å². The lowest BCUT2D eigenvalue weighted by atomic mass is 9.79. The van der Waals surface area contributed by atoms with Gasteiger partial charge in [-0.25, -0.2) is 0 Å². The van der Waals surface area contributed by atoms with Crippen LogP contribution in [-0.4, -0.2) is 14.9 Å². The summed E-state index contributed by atoms with van der Waals surface area (Å²) in [7, 11) is 1.92. The minimum Gasteiger partial charge on any atom is -0.387 e. The third-order valence-corrected chi connectivity index (χ3v) is 4.67. The van der Waals surface area contributed by atoms with Crippen LogP contribution in [0.2, 0.25) is 0 Å². The van der Waals surface area contributed by atoms with E-state index in [1.54, 1.807) is 0 Å². The molecule has 0 amide bonds. The number of aliphatic hydroxyl groups excluding tert-OH is 1. The van der Waals surface area contributed by atoms with Gasteiger partial charge in [0.15, 0.2) is 0 Å². The Hall–Kier alpha value is -1.61. The van der Waals surface area contributed by atoms with E-state index in [2.05, 4.69) is 36.3 Å². The summed E-state index contributed by atoms with van der Waals surface area (Å²) in [6.45, 7) is 2.09. The molecule has 0 spiro atoms. The molecular formula is C18H24N2O. The number of hydrogen-bond donors (Lipinski definition) is 1. The Bertz CT molecular complexity index is 617. The zero-order chi connectivity index (χ0) is 14.8. The van der Waals surface area contributed by atoms with Crippen LogP contribution in [0.3, 0.4) is 0 Å². The lowest BCUT2D eigenvalue weighted by molar-refractivity contribution is 0.145. The molecule has 2 unspecified atom stereocenters. The third-order valence-electron chi connectivity index (χ3n) is 4.67. The molecule has 0 fully saturated rings. The summed E-state index contributed by atoms with van der Waals surface area (Å²) < 4.78 is 1.83. The SMILES string of the molecule is CCc1cc(C(O)CC2CCCc3ccccc32)n(C)n1. The van der Waals surface area contributed by atoms with Gasteiger partial charge >= 0.3 is 0 Å². The van der Waals surface area contributed by atoms with Gasteiger partial charge in [-0.15, -0.1) is 0 Å². The van der Waals surface area contributed by atoms with Gasteiger partial charge in [-0.05, 0) is 55.2 Å². The van der Waals surface area contributed by atoms with Crippen molar-refractivity contribution in [1.82, 2.24) is 9.78 Å². The monoisotopic (exact) mass is 284 g/mol. The zero-order valence-electron chi connectivity index (χ0n) is 12.9. The quantitative estimate of drug-likeness (QED) is 0.932. The van der Waals surface area contributed by atoms with Crippen LogP contribution in [0.1, 0.15) is 60.7 Å². The molecule has 0 saturated carbocycles. The number of aryl methyl sites for hydroxylation is 3. The fourth-order valence-corrected chi connectivity index (χ4v) is 3.52. The molecule has 0 saturated heterocycles. The Labute approximate surface area is 126 Å². The largest absolute Gasteiger partial charge is 0.387 e. The fourth-order valence-electron chi connectivity index (χ4n) is 3.52. The molecule has 0 aliphatic heterocycles. The highest BCUT2D eigenvalue weighted by atomic mass is 16.3. The van der Waals surface area contributed by atoms with E-state index in [1.807, 2.05) is 17.8 Å². The average molecular weight is 284 g/mol. The van der Waals surface area contributed by atoms with Gasteiger partial charge < -0.3 is 5.11 Å². The molecular weight excluding hydrogens is 260 g/mol. The second-order valence-electron chi connectivity index (χ2n) is 6.08. The number of hydrogen-bond acceptors (Lipinski definition) is 2. The zero-order valence-corrected chi connectivity index (χ0v) is 12.9. The van der Waals surface area contributed by atoms with Gasteiger partial charge in [0, 0.05) is 7.05 Å². The summed E-state index contributed by atoms with van der Waals surface area (Å²) in [5.74, 6) is 0.463. The van der Waals surface area contributed by atoms with Crippen molar-refractivity contribution in [3.05, 3.63) is 52.8 Å². The van der Waals surface area contributed by atoms with Crippen LogP contribution >= 0.6 is 0 Å². The van der Waals surface area contributed by atoms with Gasteiger partial charge in [-0.3, -0.25) is 4.68 Å². The Morgan fingerprint density at radius 2 is 2.19 bits per heavy atom. The average Bonchev–Trinajstić information content (AvgIpc) is 2.89. The maximum absolute atomic E-state index is 10.6. The maximum atomic E-state index is 10.6. The first-order valence-electron chi connectivity index (χ1n) is 7.97. The fraction of sp³-hybridized carbons (Fsp3) is 0.500. The number of benzene rings is 1. The van der Waals surface area contributed by atoms with Crippen LogP contribution in [0.5, 0.6) is 0 Å². The van der Waals surface area contributed by atoms with Crippen molar-refractivity contribution in [2.45, 2.75) is 51.0 Å². The van der Waals surface area contributed by atoms with Crippen molar-refractivity contribution in [1.29, 1.82) is 0 Å². The molecule has 1 aliphatic carbocycles. The predicted molar refractivity (Wildman–Crippen MR) is 84.3 cm³/mol. The van der Waals surface area contributed by atoms with Crippen LogP contribution in [0, 0.1) is 0 Å². The Balaban J connectivity index is 1.79. The van der Waals surface area contributed by atoms with Crippen molar-refractivity contribution in [3.8, 4) is 0 Å². The summed E-state index contributed by atoms with van der Waals surface area (Å²) in [6.07, 6.45) is 4.84. The molecule has 1 aromatic carbocycles. The first-order valence-corrected chi connectivity index (χ1v) is 7.97. The molecule has 1 aliphatic rings. The Morgan fingerprint density at radius 3 is 2.95 bits per heavy atom. The standard InChI is InChI=1S/C18H24N2O/c1-3-15-12-17(20(2)19-15)18(21)11-14-9-6-8-13-7-4-5-10-16(13)14/h4-5,7,10,12,14,18,21H,3,6,8-9,11H2,1-2H3. The van der Waals surface area contributed by atoms with Crippen LogP contribution in [0.25, 0.3) is 0 Å². The number of aliphatic hydroxyl groups is 1. The molecule has 0 radical (unpaired) electrons. The number of aromatic nitrogens is 2. The molecule has 3 rings (SSSR count). The van der Waals surface area contributed by atoms with Crippen molar-refractivity contribution >= 4 is 0 Å². The number of fused-ring (bicyclic) bond motifs is 1. The molecule has 3 heteroatoms. The number of nitrogens with zero attached hydrogens (tertiary/aromatic N) is 2. The molecule has 112 valence electrons. The third kappa shape index (κ3) is 2.88. The van der Waals surface area contributed by atoms with Crippen molar-refractivity contribution in [2.24, 2.45) is 7.05 Å². The second kappa shape index (κ2) is 6.02. The highest BCUT2D eigenvalue weighted by Crippen LogP contribution is 2.37. The molecule has 0 bridgehead atoms. The molecule has 21 heavy (non-hydrogen) atoms. The molecule has 2 atom stereocenters. The number of rotatable bonds is 4. The summed E-state index contributed by atoms with van der Waals surface area (Å²) >= 11 is 0. The minimum atomic E-state index is -0.432. The summed E-state index contributed by atoms with van der Waals surface area (Å²) in [5, 5.41) is 15.1. The first-order chi connectivity index (χ1) is 10.2. The van der Waals surface area contributed by atoms with E-state index in [9.17, 15) is 5.11 Å². The second-order valence-corrected chi connectivity index (χ2v) is 6.08. The van der Waals surface area contributed by atoms with Gasteiger partial charge in [-0.2, -0.15) is 5.10 Å². The Kier molecular flexibility index (Phi) is 4.11. The van der Waals surface area contributed by atoms with Crippen molar-refractivity contribution < 1.29 is 5.11 Å². The van der Waals surface area contributed by atoms with E-state index >= 15 is 0 Å². The van der Waals surface area contributed by atoms with Crippen LogP contribution in [-0.2, 0) is 19.9 Å². The van der Waals surface area contributed by atoms with Crippen LogP contribution in [0.15, 0.2) is 30.3 Å². The van der Waals surface area contributed by atoms with Gasteiger partial charge in [0.25, 0.3) is 0 Å². The molecule has 2 aromatic rings.